The summed E-state index contributed by atoms with van der Waals surface area (Å²) >= 11 is 12.5. The number of pyridine rings is 2. The summed E-state index contributed by atoms with van der Waals surface area (Å²) in [6.45, 7) is 4.53. The maximum atomic E-state index is 16.0. The number of carbonyl (C=O) groups excluding carboxylic acids is 3. The number of hydrogen-bond donors (Lipinski definition) is 3. The molecule has 236 valence electrons. The Morgan fingerprint density at radius 1 is 1.11 bits per heavy atom. The molecule has 13 heteroatoms. The topological polar surface area (TPSA) is 126 Å². The van der Waals surface area contributed by atoms with E-state index < -0.39 is 40.7 Å². The molecule has 0 bridgehead atoms. The predicted octanol–water partition coefficient (Wildman–Crippen LogP) is 3.96. The van der Waals surface area contributed by atoms with Crippen LogP contribution < -0.4 is 16.0 Å². The molecule has 5 atom stereocenters. The lowest BCUT2D eigenvalue weighted by Crippen LogP contribution is -2.61. The molecule has 4 aliphatic rings. The fourth-order valence-electron chi connectivity index (χ4n) is 7.84. The van der Waals surface area contributed by atoms with Crippen LogP contribution in [-0.2, 0) is 24.5 Å². The molecule has 3 N–H and O–H groups in total. The Hall–Kier alpha value is -2.86. The van der Waals surface area contributed by atoms with Crippen LogP contribution in [0, 0.1) is 11.2 Å². The Morgan fingerprint density at radius 2 is 1.84 bits per heavy atom. The number of likely N-dealkylation sites (N-methyl/N-ethyl adjacent to an activating group) is 1. The number of rotatable bonds is 4. The highest BCUT2D eigenvalue weighted by Gasteiger charge is 2.73. The fraction of sp³-hybridized carbons (Fsp3) is 0.581. The number of hydrogen-bond acceptors (Lipinski definition) is 7. The van der Waals surface area contributed by atoms with Crippen molar-refractivity contribution < 1.29 is 23.5 Å². The summed E-state index contributed by atoms with van der Waals surface area (Å²) < 4.78 is 21.9. The Labute approximate surface area is 265 Å². The smallest absolute Gasteiger partial charge is 0.251 e. The van der Waals surface area contributed by atoms with Gasteiger partial charge in [0.1, 0.15) is 22.5 Å². The van der Waals surface area contributed by atoms with Gasteiger partial charge in [-0.25, -0.2) is 14.4 Å². The SMILES string of the molecule is CN(C)C(=O)[C@@H]1CC[C@@H](NC(=O)[C@@H]2NC3(CCC(C)(C)CC3)[C@@]3(C(=O)Nc4nc(Cl)ccc43)[C@H]2c2ccnc(Cl)c2F)CO1. The van der Waals surface area contributed by atoms with Crippen LogP contribution in [0.2, 0.25) is 10.3 Å². The maximum Gasteiger partial charge on any atom is 0.251 e. The summed E-state index contributed by atoms with van der Waals surface area (Å²) in [6, 6.07) is 3.49. The van der Waals surface area contributed by atoms with Gasteiger partial charge in [0, 0.05) is 37.3 Å². The Kier molecular flexibility index (Phi) is 7.92. The van der Waals surface area contributed by atoms with E-state index in [0.717, 1.165) is 12.8 Å². The van der Waals surface area contributed by atoms with Crippen molar-refractivity contribution >= 4 is 46.7 Å². The third-order valence-electron chi connectivity index (χ3n) is 10.2. The quantitative estimate of drug-likeness (QED) is 0.430. The molecule has 2 spiro atoms. The molecule has 1 aliphatic carbocycles. The molecule has 0 radical (unpaired) electrons. The summed E-state index contributed by atoms with van der Waals surface area (Å²) in [7, 11) is 3.35. The van der Waals surface area contributed by atoms with Gasteiger partial charge < -0.3 is 20.3 Å². The van der Waals surface area contributed by atoms with Gasteiger partial charge >= 0.3 is 0 Å². The van der Waals surface area contributed by atoms with Gasteiger partial charge in [0.05, 0.1) is 18.7 Å². The van der Waals surface area contributed by atoms with E-state index in [0.29, 0.717) is 37.1 Å². The van der Waals surface area contributed by atoms with E-state index in [1.807, 2.05) is 0 Å². The van der Waals surface area contributed by atoms with Crippen LogP contribution in [0.15, 0.2) is 24.4 Å². The first-order valence-corrected chi connectivity index (χ1v) is 15.7. The van der Waals surface area contributed by atoms with Crippen molar-refractivity contribution in [3.05, 3.63) is 51.6 Å². The molecule has 1 saturated carbocycles. The summed E-state index contributed by atoms with van der Waals surface area (Å²) in [5.41, 5.74) is -1.61. The molecule has 44 heavy (non-hydrogen) atoms. The molecule has 3 fully saturated rings. The number of nitrogens with zero attached hydrogens (tertiary/aromatic N) is 3. The molecule has 3 amide bonds. The van der Waals surface area contributed by atoms with Gasteiger partial charge in [-0.05, 0) is 61.6 Å². The zero-order chi connectivity index (χ0) is 31.6. The lowest BCUT2D eigenvalue weighted by molar-refractivity contribution is -0.145. The molecule has 5 heterocycles. The highest BCUT2D eigenvalue weighted by atomic mass is 35.5. The van der Waals surface area contributed by atoms with E-state index in [9.17, 15) is 14.4 Å². The number of carbonyl (C=O) groups is 3. The van der Waals surface area contributed by atoms with Gasteiger partial charge in [-0.3, -0.25) is 19.7 Å². The molecule has 2 aromatic heterocycles. The normalized spacial score (nSPS) is 30.2. The van der Waals surface area contributed by atoms with Crippen molar-refractivity contribution in [3.63, 3.8) is 0 Å². The Balaban J connectivity index is 1.44. The first-order chi connectivity index (χ1) is 20.8. The molecule has 0 aromatic carbocycles. The number of halogens is 3. The largest absolute Gasteiger partial charge is 0.366 e. The first kappa shape index (κ1) is 31.1. The number of ether oxygens (including phenoxy) is 1. The molecular weight excluding hydrogens is 610 g/mol. The van der Waals surface area contributed by atoms with Crippen molar-refractivity contribution in [1.29, 1.82) is 0 Å². The van der Waals surface area contributed by atoms with Crippen molar-refractivity contribution in [2.45, 2.75) is 87.4 Å². The van der Waals surface area contributed by atoms with Crippen LogP contribution in [0.25, 0.3) is 0 Å². The summed E-state index contributed by atoms with van der Waals surface area (Å²) in [6.07, 6.45) is 4.49. The average molecular weight is 648 g/mol. The van der Waals surface area contributed by atoms with E-state index >= 15 is 4.39 Å². The number of anilines is 1. The van der Waals surface area contributed by atoms with Crippen molar-refractivity contribution in [3.8, 4) is 0 Å². The molecule has 0 unspecified atom stereocenters. The predicted molar refractivity (Wildman–Crippen MR) is 163 cm³/mol. The lowest BCUT2D eigenvalue weighted by atomic mass is 9.53. The standard InChI is InChI=1S/C31H37Cl2FN6O4/c1-29(2)10-12-30(13-11-29)31(18-6-8-20(32)37-25(18)38-28(31)43)21(17-9-14-35-24(33)22(17)34)23(39-30)26(41)36-16-5-7-19(44-15-16)27(42)40(3)4/h6,8-9,14,16,19,21,23,39H,5,7,10-13,15H2,1-4H3,(H,36,41)(H,37,38,43)/t16-,19+,21+,23-,31-/m1/s1. The van der Waals surface area contributed by atoms with Crippen LogP contribution in [0.1, 0.15) is 69.4 Å². The van der Waals surface area contributed by atoms with E-state index in [2.05, 4.69) is 39.8 Å². The van der Waals surface area contributed by atoms with Crippen LogP contribution >= 0.6 is 23.2 Å². The van der Waals surface area contributed by atoms with Crippen molar-refractivity contribution in [2.75, 3.05) is 26.0 Å². The Morgan fingerprint density at radius 3 is 2.50 bits per heavy atom. The fourth-order valence-corrected chi connectivity index (χ4v) is 8.15. The molecular formula is C31H37Cl2FN6O4. The minimum absolute atomic E-state index is 0.0192. The van der Waals surface area contributed by atoms with Crippen molar-refractivity contribution in [2.24, 2.45) is 5.41 Å². The van der Waals surface area contributed by atoms with Gasteiger partial charge in [0.25, 0.3) is 5.91 Å². The second-order valence-corrected chi connectivity index (χ2v) is 14.2. The molecule has 2 saturated heterocycles. The van der Waals surface area contributed by atoms with E-state index in [1.165, 1.54) is 17.2 Å². The van der Waals surface area contributed by atoms with E-state index in [1.54, 1.807) is 26.2 Å². The zero-order valence-corrected chi connectivity index (χ0v) is 26.7. The third-order valence-corrected chi connectivity index (χ3v) is 10.6. The molecule has 2 aromatic rings. The third kappa shape index (κ3) is 4.87. The lowest BCUT2D eigenvalue weighted by Gasteiger charge is -2.50. The number of aromatic nitrogens is 2. The van der Waals surface area contributed by atoms with Gasteiger partial charge in [0.15, 0.2) is 11.0 Å². The summed E-state index contributed by atoms with van der Waals surface area (Å²) in [5, 5.41) is 9.50. The molecule has 3 aliphatic heterocycles. The van der Waals surface area contributed by atoms with Gasteiger partial charge in [-0.1, -0.05) is 43.1 Å². The second-order valence-electron chi connectivity index (χ2n) is 13.5. The van der Waals surface area contributed by atoms with E-state index in [-0.39, 0.29) is 45.7 Å². The second kappa shape index (κ2) is 11.2. The van der Waals surface area contributed by atoms with Crippen LogP contribution in [0.5, 0.6) is 0 Å². The Bertz CT molecular complexity index is 1500. The van der Waals surface area contributed by atoms with Crippen LogP contribution in [0.3, 0.4) is 0 Å². The van der Waals surface area contributed by atoms with Gasteiger partial charge in [-0.2, -0.15) is 0 Å². The minimum atomic E-state index is -1.41. The zero-order valence-electron chi connectivity index (χ0n) is 25.2. The average Bonchev–Trinajstić information content (AvgIpc) is 3.44. The highest BCUT2D eigenvalue weighted by Crippen LogP contribution is 2.63. The highest BCUT2D eigenvalue weighted by molar-refractivity contribution is 6.30. The monoisotopic (exact) mass is 646 g/mol. The van der Waals surface area contributed by atoms with Gasteiger partial charge in [-0.15, -0.1) is 0 Å². The summed E-state index contributed by atoms with van der Waals surface area (Å²) in [5.74, 6) is -2.36. The van der Waals surface area contributed by atoms with E-state index in [4.69, 9.17) is 27.9 Å². The number of amides is 3. The van der Waals surface area contributed by atoms with Crippen LogP contribution in [0.4, 0.5) is 10.2 Å². The maximum absolute atomic E-state index is 16.0. The van der Waals surface area contributed by atoms with Crippen molar-refractivity contribution in [1.82, 2.24) is 25.5 Å². The molecule has 6 rings (SSSR count). The number of nitrogens with one attached hydrogen (secondary N) is 3. The number of fused-ring (bicyclic) bond motifs is 3. The summed E-state index contributed by atoms with van der Waals surface area (Å²) in [4.78, 5) is 51.1. The van der Waals surface area contributed by atoms with Gasteiger partial charge in [0.2, 0.25) is 11.8 Å². The molecule has 10 nitrogen and oxygen atoms in total. The first-order valence-electron chi connectivity index (χ1n) is 15.0. The van der Waals surface area contributed by atoms with Crippen LogP contribution in [-0.4, -0.2) is 77.0 Å². The minimum Gasteiger partial charge on any atom is -0.366 e.